The zero-order valence-corrected chi connectivity index (χ0v) is 13.0. The number of hydrogen-bond acceptors (Lipinski definition) is 2. The first kappa shape index (κ1) is 14.3. The van der Waals surface area contributed by atoms with Crippen LogP contribution in [0.4, 0.5) is 5.69 Å². The van der Waals surface area contributed by atoms with Crippen LogP contribution in [0.25, 0.3) is 0 Å². The third-order valence-corrected chi connectivity index (χ3v) is 4.74. The van der Waals surface area contributed by atoms with Gasteiger partial charge < -0.3 is 0 Å². The van der Waals surface area contributed by atoms with Gasteiger partial charge in [-0.05, 0) is 44.5 Å². The Balaban J connectivity index is 1.93. The number of para-hydroxylation sites is 1. The second-order valence-corrected chi connectivity index (χ2v) is 6.14. The Bertz CT molecular complexity index is 537. The van der Waals surface area contributed by atoms with Gasteiger partial charge >= 0.3 is 0 Å². The van der Waals surface area contributed by atoms with Crippen molar-refractivity contribution in [3.63, 3.8) is 0 Å². The molecule has 0 unspecified atom stereocenters. The Hall–Kier alpha value is -1.61. The van der Waals surface area contributed by atoms with E-state index in [4.69, 9.17) is 0 Å². The number of carbonyl (C=O) groups is 1. The molecule has 1 aromatic carbocycles. The second-order valence-electron chi connectivity index (χ2n) is 6.14. The highest BCUT2D eigenvalue weighted by atomic mass is 16.2. The third kappa shape index (κ3) is 2.75. The van der Waals surface area contributed by atoms with Crippen molar-refractivity contribution in [3.05, 3.63) is 42.1 Å². The second kappa shape index (κ2) is 6.02. The lowest BCUT2D eigenvalue weighted by Gasteiger charge is -2.35. The van der Waals surface area contributed by atoms with Crippen molar-refractivity contribution in [3.8, 4) is 0 Å². The van der Waals surface area contributed by atoms with Gasteiger partial charge in [0.1, 0.15) is 0 Å². The van der Waals surface area contributed by atoms with E-state index in [2.05, 4.69) is 24.9 Å². The molecule has 0 aromatic heterocycles. The maximum atomic E-state index is 12.6. The molecule has 2 aliphatic heterocycles. The maximum Gasteiger partial charge on any atom is 0.231 e. The van der Waals surface area contributed by atoms with E-state index in [1.54, 1.807) is 0 Å². The predicted octanol–water partition coefficient (Wildman–Crippen LogP) is 3.57. The van der Waals surface area contributed by atoms with Crippen molar-refractivity contribution >= 4 is 11.6 Å². The van der Waals surface area contributed by atoms with Crippen LogP contribution in [0.3, 0.4) is 0 Å². The van der Waals surface area contributed by atoms with Crippen molar-refractivity contribution in [1.29, 1.82) is 0 Å². The normalized spacial score (nSPS) is 24.8. The first-order chi connectivity index (χ1) is 10.2. The zero-order valence-electron chi connectivity index (χ0n) is 13.0. The fourth-order valence-electron chi connectivity index (χ4n) is 3.56. The minimum Gasteiger partial charge on any atom is -0.297 e. The Morgan fingerprint density at radius 2 is 2.05 bits per heavy atom. The number of carbonyl (C=O) groups excluding carboxylic acids is 1. The number of nitrogens with zero attached hydrogens (tertiary/aromatic N) is 2. The summed E-state index contributed by atoms with van der Waals surface area (Å²) in [5.74, 6) is 0.221. The van der Waals surface area contributed by atoms with E-state index in [-0.39, 0.29) is 5.91 Å². The molecule has 1 saturated heterocycles. The molecular weight excluding hydrogens is 260 g/mol. The molecule has 2 atom stereocenters. The monoisotopic (exact) mass is 284 g/mol. The molecule has 0 N–H and O–H groups in total. The first-order valence-electron chi connectivity index (χ1n) is 8.01. The number of likely N-dealkylation sites (N-methyl/N-ethyl adjacent to an activating group) is 1. The highest BCUT2D eigenvalue weighted by Gasteiger charge is 2.36. The van der Waals surface area contributed by atoms with Crippen molar-refractivity contribution in [2.75, 3.05) is 11.9 Å². The summed E-state index contributed by atoms with van der Waals surface area (Å²) in [4.78, 5) is 17.0. The number of anilines is 1. The van der Waals surface area contributed by atoms with Crippen LogP contribution in [0.2, 0.25) is 0 Å². The average Bonchev–Trinajstić information content (AvgIpc) is 2.71. The van der Waals surface area contributed by atoms with E-state index >= 15 is 0 Å². The minimum absolute atomic E-state index is 0.221. The zero-order chi connectivity index (χ0) is 14.8. The van der Waals surface area contributed by atoms with E-state index in [1.807, 2.05) is 35.2 Å². The van der Waals surface area contributed by atoms with Gasteiger partial charge in [-0.3, -0.25) is 14.6 Å². The Kier molecular flexibility index (Phi) is 4.11. The van der Waals surface area contributed by atoms with Gasteiger partial charge in [0.2, 0.25) is 5.91 Å². The molecule has 0 radical (unpaired) electrons. The Morgan fingerprint density at radius 3 is 2.71 bits per heavy atom. The Morgan fingerprint density at radius 1 is 1.29 bits per heavy atom. The molecular formula is C18H24N2O. The van der Waals surface area contributed by atoms with Crippen LogP contribution in [0.1, 0.15) is 39.0 Å². The molecule has 0 saturated carbocycles. The van der Waals surface area contributed by atoms with Crippen molar-refractivity contribution in [2.45, 2.75) is 51.1 Å². The summed E-state index contributed by atoms with van der Waals surface area (Å²) in [5, 5.41) is 0. The summed E-state index contributed by atoms with van der Waals surface area (Å²) in [6, 6.07) is 11.2. The van der Waals surface area contributed by atoms with Gasteiger partial charge in [0.15, 0.2) is 0 Å². The summed E-state index contributed by atoms with van der Waals surface area (Å²) < 4.78 is 0. The molecule has 1 fully saturated rings. The summed E-state index contributed by atoms with van der Waals surface area (Å²) >= 11 is 0. The standard InChI is InChI=1S/C18H24N2O/c1-3-7-18(21)20(14-8-5-4-6-9-14)17-12-15-10-11-16(13-17)19(15)2/h4-6,8-9,12,15-16H,3,7,10-11,13H2,1-2H3/t15-,16-/m1/s1. The fourth-order valence-corrected chi connectivity index (χ4v) is 3.56. The first-order valence-corrected chi connectivity index (χ1v) is 8.01. The summed E-state index contributed by atoms with van der Waals surface area (Å²) in [7, 11) is 2.20. The lowest BCUT2D eigenvalue weighted by Crippen LogP contribution is -2.40. The smallest absolute Gasteiger partial charge is 0.231 e. The van der Waals surface area contributed by atoms with E-state index < -0.39 is 0 Å². The van der Waals surface area contributed by atoms with E-state index in [0.29, 0.717) is 18.5 Å². The van der Waals surface area contributed by atoms with Crippen molar-refractivity contribution in [2.24, 2.45) is 0 Å². The lowest BCUT2D eigenvalue weighted by atomic mass is 10.0. The van der Waals surface area contributed by atoms with Gasteiger partial charge in [0.05, 0.1) is 0 Å². The maximum absolute atomic E-state index is 12.6. The highest BCUT2D eigenvalue weighted by molar-refractivity contribution is 5.96. The van der Waals surface area contributed by atoms with Crippen LogP contribution in [0, 0.1) is 0 Å². The molecule has 3 rings (SSSR count). The quantitative estimate of drug-likeness (QED) is 0.844. The van der Waals surface area contributed by atoms with Crippen LogP contribution < -0.4 is 4.90 Å². The molecule has 2 bridgehead atoms. The minimum atomic E-state index is 0.221. The molecule has 2 aliphatic rings. The molecule has 112 valence electrons. The largest absolute Gasteiger partial charge is 0.297 e. The van der Waals surface area contributed by atoms with Crippen LogP contribution in [-0.4, -0.2) is 29.9 Å². The van der Waals surface area contributed by atoms with E-state index in [1.165, 1.54) is 18.5 Å². The highest BCUT2D eigenvalue weighted by Crippen LogP contribution is 2.36. The molecule has 3 nitrogen and oxygen atoms in total. The van der Waals surface area contributed by atoms with Crippen LogP contribution in [0.15, 0.2) is 42.1 Å². The number of rotatable bonds is 4. The molecule has 21 heavy (non-hydrogen) atoms. The van der Waals surface area contributed by atoms with Crippen LogP contribution in [-0.2, 0) is 4.79 Å². The third-order valence-electron chi connectivity index (χ3n) is 4.74. The summed E-state index contributed by atoms with van der Waals surface area (Å²) in [6.45, 7) is 2.06. The molecule has 1 amide bonds. The van der Waals surface area contributed by atoms with Crippen molar-refractivity contribution < 1.29 is 4.79 Å². The Labute approximate surface area is 127 Å². The van der Waals surface area contributed by atoms with E-state index in [0.717, 1.165) is 18.5 Å². The van der Waals surface area contributed by atoms with Crippen LogP contribution >= 0.6 is 0 Å². The number of benzene rings is 1. The number of fused-ring (bicyclic) bond motifs is 2. The number of hydrogen-bond donors (Lipinski definition) is 0. The van der Waals surface area contributed by atoms with Crippen molar-refractivity contribution in [1.82, 2.24) is 4.90 Å². The molecule has 1 aromatic rings. The van der Waals surface area contributed by atoms with Gasteiger partial charge in [0.25, 0.3) is 0 Å². The van der Waals surface area contributed by atoms with Gasteiger partial charge in [0, 0.05) is 36.3 Å². The molecule has 2 heterocycles. The topological polar surface area (TPSA) is 23.6 Å². The van der Waals surface area contributed by atoms with Crippen LogP contribution in [0.5, 0.6) is 0 Å². The number of amides is 1. The van der Waals surface area contributed by atoms with Gasteiger partial charge in [-0.25, -0.2) is 0 Å². The van der Waals surface area contributed by atoms with Gasteiger partial charge in [-0.1, -0.05) is 25.1 Å². The average molecular weight is 284 g/mol. The summed E-state index contributed by atoms with van der Waals surface area (Å²) in [6.07, 6.45) is 7.25. The van der Waals surface area contributed by atoms with Gasteiger partial charge in [-0.2, -0.15) is 0 Å². The fraction of sp³-hybridized carbons (Fsp3) is 0.500. The molecule has 0 spiro atoms. The van der Waals surface area contributed by atoms with Gasteiger partial charge in [-0.15, -0.1) is 0 Å². The predicted molar refractivity (Wildman–Crippen MR) is 86.1 cm³/mol. The lowest BCUT2D eigenvalue weighted by molar-refractivity contribution is -0.118. The van der Waals surface area contributed by atoms with E-state index in [9.17, 15) is 4.79 Å². The molecule has 0 aliphatic carbocycles. The summed E-state index contributed by atoms with van der Waals surface area (Å²) in [5.41, 5.74) is 2.21. The molecule has 3 heteroatoms. The SMILES string of the molecule is CCCC(=O)N(C1=C[C@H]2CC[C@H](C1)N2C)c1ccccc1.